The standard InChI is InChI=1S/C21H19ClN4OS/c1-15-17(22)8-9-18-19(15)24-21(28-18)26(12-5-11-25-13-10-23-14-25)20(27)16-6-3-2-4-7-16/h2-4,6-10,13-14H,5,11-12H2,1H3. The van der Waals surface area contributed by atoms with E-state index in [1.165, 1.54) is 11.3 Å². The van der Waals surface area contributed by atoms with Crippen LogP contribution in [0.4, 0.5) is 5.13 Å². The largest absolute Gasteiger partial charge is 0.337 e. The van der Waals surface area contributed by atoms with Gasteiger partial charge in [-0.25, -0.2) is 9.97 Å². The van der Waals surface area contributed by atoms with E-state index < -0.39 is 0 Å². The smallest absolute Gasteiger partial charge is 0.260 e. The Kier molecular flexibility index (Phi) is 5.41. The van der Waals surface area contributed by atoms with E-state index in [9.17, 15) is 4.79 Å². The molecule has 0 aliphatic heterocycles. The van der Waals surface area contributed by atoms with E-state index in [0.29, 0.717) is 22.3 Å². The molecule has 4 rings (SSSR count). The second-order valence-corrected chi connectivity index (χ2v) is 7.91. The molecule has 0 saturated heterocycles. The number of hydrogen-bond donors (Lipinski definition) is 0. The molecule has 0 spiro atoms. The fourth-order valence-corrected chi connectivity index (χ4v) is 4.26. The van der Waals surface area contributed by atoms with Crippen molar-refractivity contribution < 1.29 is 4.79 Å². The van der Waals surface area contributed by atoms with Gasteiger partial charge >= 0.3 is 0 Å². The number of aromatic nitrogens is 3. The number of rotatable bonds is 6. The Balaban J connectivity index is 1.65. The lowest BCUT2D eigenvalue weighted by atomic mass is 10.2. The summed E-state index contributed by atoms with van der Waals surface area (Å²) in [6.45, 7) is 3.31. The molecule has 28 heavy (non-hydrogen) atoms. The van der Waals surface area contributed by atoms with E-state index in [1.807, 2.05) is 60.2 Å². The van der Waals surface area contributed by atoms with Gasteiger partial charge in [0.1, 0.15) is 0 Å². The molecule has 1 amide bonds. The van der Waals surface area contributed by atoms with Gasteiger partial charge in [-0.05, 0) is 43.2 Å². The van der Waals surface area contributed by atoms with Crippen molar-refractivity contribution in [3.05, 3.63) is 77.3 Å². The maximum Gasteiger partial charge on any atom is 0.260 e. The molecule has 0 aliphatic rings. The monoisotopic (exact) mass is 410 g/mol. The maximum absolute atomic E-state index is 13.2. The molecule has 2 aromatic carbocycles. The molecular weight excluding hydrogens is 392 g/mol. The Morgan fingerprint density at radius 2 is 2.04 bits per heavy atom. The zero-order valence-electron chi connectivity index (χ0n) is 15.4. The van der Waals surface area contributed by atoms with Crippen LogP contribution in [-0.4, -0.2) is 27.0 Å². The lowest BCUT2D eigenvalue weighted by molar-refractivity contribution is 0.0986. The third-order valence-electron chi connectivity index (χ3n) is 4.59. The summed E-state index contributed by atoms with van der Waals surface area (Å²) in [5, 5.41) is 1.38. The number of carbonyl (C=O) groups is 1. The lowest BCUT2D eigenvalue weighted by Crippen LogP contribution is -2.32. The van der Waals surface area contributed by atoms with Crippen molar-refractivity contribution in [1.82, 2.24) is 14.5 Å². The topological polar surface area (TPSA) is 51.0 Å². The predicted octanol–water partition coefficient (Wildman–Crippen LogP) is 5.19. The number of fused-ring (bicyclic) bond motifs is 1. The second kappa shape index (κ2) is 8.12. The minimum atomic E-state index is -0.0472. The van der Waals surface area contributed by atoms with Crippen molar-refractivity contribution in [2.45, 2.75) is 19.9 Å². The van der Waals surface area contributed by atoms with Gasteiger partial charge in [0.05, 0.1) is 16.5 Å². The average molecular weight is 411 g/mol. The number of nitrogens with zero attached hydrogens (tertiary/aromatic N) is 4. The van der Waals surface area contributed by atoms with Gasteiger partial charge < -0.3 is 4.57 Å². The Morgan fingerprint density at radius 1 is 1.21 bits per heavy atom. The third-order valence-corrected chi connectivity index (χ3v) is 6.04. The molecule has 2 aromatic heterocycles. The fourth-order valence-electron chi connectivity index (χ4n) is 3.06. The first-order valence-electron chi connectivity index (χ1n) is 9.02. The maximum atomic E-state index is 13.2. The van der Waals surface area contributed by atoms with Crippen LogP contribution in [0.1, 0.15) is 22.3 Å². The van der Waals surface area contributed by atoms with Crippen molar-refractivity contribution in [2.24, 2.45) is 0 Å². The number of amides is 1. The van der Waals surface area contributed by atoms with E-state index in [2.05, 4.69) is 4.98 Å². The van der Waals surface area contributed by atoms with E-state index in [-0.39, 0.29) is 5.91 Å². The van der Waals surface area contributed by atoms with Crippen LogP contribution in [0, 0.1) is 6.92 Å². The van der Waals surface area contributed by atoms with Gasteiger partial charge in [-0.1, -0.05) is 41.1 Å². The highest BCUT2D eigenvalue weighted by molar-refractivity contribution is 7.22. The van der Waals surface area contributed by atoms with Gasteiger partial charge in [0.25, 0.3) is 5.91 Å². The van der Waals surface area contributed by atoms with Gasteiger partial charge in [0.15, 0.2) is 5.13 Å². The van der Waals surface area contributed by atoms with E-state index in [1.54, 1.807) is 17.4 Å². The number of halogens is 1. The number of aryl methyl sites for hydroxylation is 2. The van der Waals surface area contributed by atoms with Crippen LogP contribution in [0.2, 0.25) is 5.02 Å². The fraction of sp³-hybridized carbons (Fsp3) is 0.190. The molecular formula is C21H19ClN4OS. The number of thiazole rings is 1. The molecule has 0 saturated carbocycles. The second-order valence-electron chi connectivity index (χ2n) is 6.49. The summed E-state index contributed by atoms with van der Waals surface area (Å²) in [4.78, 5) is 23.8. The zero-order chi connectivity index (χ0) is 19.5. The molecule has 7 heteroatoms. The molecule has 0 radical (unpaired) electrons. The number of anilines is 1. The summed E-state index contributed by atoms with van der Waals surface area (Å²) in [6, 6.07) is 13.2. The molecule has 2 heterocycles. The average Bonchev–Trinajstić information content (AvgIpc) is 3.38. The molecule has 0 atom stereocenters. The highest BCUT2D eigenvalue weighted by Gasteiger charge is 2.21. The SMILES string of the molecule is Cc1c(Cl)ccc2sc(N(CCCn3ccnc3)C(=O)c3ccccc3)nc12. The van der Waals surface area contributed by atoms with Crippen LogP contribution < -0.4 is 4.90 Å². The molecule has 5 nitrogen and oxygen atoms in total. The van der Waals surface area contributed by atoms with Crippen LogP contribution in [0.5, 0.6) is 0 Å². The van der Waals surface area contributed by atoms with Crippen molar-refractivity contribution in [3.8, 4) is 0 Å². The van der Waals surface area contributed by atoms with Crippen molar-refractivity contribution in [1.29, 1.82) is 0 Å². The highest BCUT2D eigenvalue weighted by Crippen LogP contribution is 2.34. The summed E-state index contributed by atoms with van der Waals surface area (Å²) >= 11 is 7.77. The van der Waals surface area contributed by atoms with Crippen molar-refractivity contribution in [2.75, 3.05) is 11.4 Å². The Bertz CT molecular complexity index is 1090. The van der Waals surface area contributed by atoms with Crippen molar-refractivity contribution in [3.63, 3.8) is 0 Å². The zero-order valence-corrected chi connectivity index (χ0v) is 17.0. The summed E-state index contributed by atoms with van der Waals surface area (Å²) in [5.74, 6) is -0.0472. The molecule has 0 bridgehead atoms. The first kappa shape index (κ1) is 18.7. The molecule has 0 aliphatic carbocycles. The van der Waals surface area contributed by atoms with E-state index >= 15 is 0 Å². The summed E-state index contributed by atoms with van der Waals surface area (Å²) in [6.07, 6.45) is 6.26. The normalized spacial score (nSPS) is 11.1. The van der Waals surface area contributed by atoms with Gasteiger partial charge in [-0.15, -0.1) is 0 Å². The lowest BCUT2D eigenvalue weighted by Gasteiger charge is -2.20. The van der Waals surface area contributed by atoms with Gasteiger partial charge in [-0.2, -0.15) is 0 Å². The summed E-state index contributed by atoms with van der Waals surface area (Å²) in [5.41, 5.74) is 2.44. The van der Waals surface area contributed by atoms with Gasteiger partial charge in [0, 0.05) is 36.1 Å². The first-order valence-corrected chi connectivity index (χ1v) is 10.2. The van der Waals surface area contributed by atoms with Crippen LogP contribution in [0.3, 0.4) is 0 Å². The van der Waals surface area contributed by atoms with Crippen LogP contribution >= 0.6 is 22.9 Å². The van der Waals surface area contributed by atoms with Crippen LogP contribution in [0.15, 0.2) is 61.2 Å². The number of imidazole rings is 1. The summed E-state index contributed by atoms with van der Waals surface area (Å²) < 4.78 is 3.03. The van der Waals surface area contributed by atoms with Crippen LogP contribution in [0.25, 0.3) is 10.2 Å². The molecule has 0 unspecified atom stereocenters. The van der Waals surface area contributed by atoms with E-state index in [4.69, 9.17) is 16.6 Å². The van der Waals surface area contributed by atoms with Gasteiger partial charge in [-0.3, -0.25) is 9.69 Å². The predicted molar refractivity (Wildman–Crippen MR) is 114 cm³/mol. The summed E-state index contributed by atoms with van der Waals surface area (Å²) in [7, 11) is 0. The quantitative estimate of drug-likeness (QED) is 0.439. The number of benzene rings is 2. The molecule has 142 valence electrons. The van der Waals surface area contributed by atoms with Gasteiger partial charge in [0.2, 0.25) is 0 Å². The minimum Gasteiger partial charge on any atom is -0.337 e. The Morgan fingerprint density at radius 3 is 2.79 bits per heavy atom. The molecule has 4 aromatic rings. The first-order chi connectivity index (χ1) is 13.6. The molecule has 0 fully saturated rings. The van der Waals surface area contributed by atoms with Crippen molar-refractivity contribution >= 4 is 44.2 Å². The van der Waals surface area contributed by atoms with Crippen LogP contribution in [-0.2, 0) is 6.54 Å². The Hall–Kier alpha value is -2.70. The Labute approximate surface area is 172 Å². The minimum absolute atomic E-state index is 0.0472. The third kappa shape index (κ3) is 3.79. The highest BCUT2D eigenvalue weighted by atomic mass is 35.5. The number of hydrogen-bond acceptors (Lipinski definition) is 4. The van der Waals surface area contributed by atoms with E-state index in [0.717, 1.165) is 28.7 Å². The molecule has 0 N–H and O–H groups in total. The number of carbonyl (C=O) groups excluding carboxylic acids is 1.